The predicted octanol–water partition coefficient (Wildman–Crippen LogP) is 7.95. The second-order valence-electron chi connectivity index (χ2n) is 19.4. The quantitative estimate of drug-likeness (QED) is 0.199. The fraction of sp³-hybridized carbons (Fsp3) is 0.923. The van der Waals surface area contributed by atoms with Gasteiger partial charge in [0.1, 0.15) is 16.8 Å². The standard InChI is InChI=1S/C39H69N3O7/c1-23(14-13-19-43)26-15-16-27-31-28(22-30(39(26,27)12)42-34(46)49-37(8,9)10)38(11)18-17-25(40-32(44)47-35(2,3)4)20-24(38)21-29(31)41-33(45)48-36(5,6)7/h23-31,43H,13-22H2,1-12H3,(H,40,44)(H,41,45)(H,42,46)/t23-,24+,25-,26-,27+,28+,29-,30+,31+,38+,39-/m1/s1. The van der Waals surface area contributed by atoms with E-state index in [2.05, 4.69) is 36.7 Å². The van der Waals surface area contributed by atoms with Crippen LogP contribution in [0.25, 0.3) is 0 Å². The molecule has 4 N–H and O–H groups in total. The molecule has 0 aromatic rings. The Morgan fingerprint density at radius 1 is 0.755 bits per heavy atom. The number of nitrogens with one attached hydrogen (secondary N) is 3. The van der Waals surface area contributed by atoms with Gasteiger partial charge in [0, 0.05) is 24.7 Å². The summed E-state index contributed by atoms with van der Waals surface area (Å²) in [4.78, 5) is 39.8. The van der Waals surface area contributed by atoms with E-state index in [1.165, 1.54) is 0 Å². The molecular weight excluding hydrogens is 622 g/mol. The highest BCUT2D eigenvalue weighted by Gasteiger charge is 2.66. The number of ether oxygens (including phenoxy) is 3. The molecule has 11 atom stereocenters. The van der Waals surface area contributed by atoms with Crippen molar-refractivity contribution < 1.29 is 33.7 Å². The zero-order valence-electron chi connectivity index (χ0n) is 32.7. The van der Waals surface area contributed by atoms with Gasteiger partial charge in [0.05, 0.1) is 0 Å². The van der Waals surface area contributed by atoms with Crippen LogP contribution in [0, 0.1) is 46.3 Å². The van der Waals surface area contributed by atoms with Gasteiger partial charge in [-0.3, -0.25) is 0 Å². The summed E-state index contributed by atoms with van der Waals surface area (Å²) >= 11 is 0. The van der Waals surface area contributed by atoms with E-state index in [9.17, 15) is 19.5 Å². The molecule has 0 heterocycles. The molecule has 4 aliphatic rings. The summed E-state index contributed by atoms with van der Waals surface area (Å²) < 4.78 is 17.3. The summed E-state index contributed by atoms with van der Waals surface area (Å²) in [5.41, 5.74) is -2.08. The topological polar surface area (TPSA) is 135 Å². The van der Waals surface area contributed by atoms with Crippen molar-refractivity contribution in [3.05, 3.63) is 0 Å². The zero-order chi connectivity index (χ0) is 36.7. The van der Waals surface area contributed by atoms with Crippen LogP contribution in [0.4, 0.5) is 14.4 Å². The molecule has 4 rings (SSSR count). The van der Waals surface area contributed by atoms with E-state index >= 15 is 0 Å². The highest BCUT2D eigenvalue weighted by Crippen LogP contribution is 2.68. The number of aliphatic hydroxyl groups excluding tert-OH is 1. The normalized spacial score (nSPS) is 36.7. The van der Waals surface area contributed by atoms with Gasteiger partial charge in [0.25, 0.3) is 0 Å². The number of carbonyl (C=O) groups is 3. The maximum atomic E-state index is 13.5. The SMILES string of the molecule is C[C@H](CCCO)[C@H]1CC[C@H]2[C@@H]3[C@H](NC(=O)OC(C)(C)C)C[C@@H]4C[C@H](NC(=O)OC(C)(C)C)CC[C@]4(C)[C@H]3C[C@H](NC(=O)OC(C)(C)C)[C@]12C. The minimum Gasteiger partial charge on any atom is -0.444 e. The lowest BCUT2D eigenvalue weighted by atomic mass is 9.42. The molecule has 10 heteroatoms. The maximum absolute atomic E-state index is 13.5. The monoisotopic (exact) mass is 692 g/mol. The molecule has 10 nitrogen and oxygen atoms in total. The highest BCUT2D eigenvalue weighted by atomic mass is 16.6. The van der Waals surface area contributed by atoms with Gasteiger partial charge in [0.15, 0.2) is 0 Å². The predicted molar refractivity (Wildman–Crippen MR) is 191 cm³/mol. The van der Waals surface area contributed by atoms with Gasteiger partial charge in [0.2, 0.25) is 0 Å². The highest BCUT2D eigenvalue weighted by molar-refractivity contribution is 5.69. The van der Waals surface area contributed by atoms with E-state index in [0.717, 1.165) is 57.8 Å². The average Bonchev–Trinajstić information content (AvgIpc) is 3.28. The van der Waals surface area contributed by atoms with E-state index < -0.39 is 16.8 Å². The first-order valence-corrected chi connectivity index (χ1v) is 19.1. The van der Waals surface area contributed by atoms with Crippen LogP contribution in [0.15, 0.2) is 0 Å². The molecule has 0 aliphatic heterocycles. The molecule has 0 bridgehead atoms. The molecule has 3 amide bonds. The van der Waals surface area contributed by atoms with Crippen LogP contribution >= 0.6 is 0 Å². The molecule has 0 aromatic heterocycles. The van der Waals surface area contributed by atoms with Gasteiger partial charge in [-0.05, 0) is 166 Å². The molecular formula is C39H69N3O7. The van der Waals surface area contributed by atoms with Crippen LogP contribution in [-0.4, -0.2) is 64.9 Å². The average molecular weight is 692 g/mol. The van der Waals surface area contributed by atoms with Crippen LogP contribution in [0.3, 0.4) is 0 Å². The van der Waals surface area contributed by atoms with Gasteiger partial charge in [-0.15, -0.1) is 0 Å². The number of carbonyl (C=O) groups excluding carboxylic acids is 3. The molecule has 49 heavy (non-hydrogen) atoms. The lowest BCUT2D eigenvalue weighted by molar-refractivity contribution is -0.143. The van der Waals surface area contributed by atoms with Crippen molar-refractivity contribution in [2.75, 3.05) is 6.61 Å². The Morgan fingerprint density at radius 2 is 1.31 bits per heavy atom. The Balaban J connectivity index is 1.72. The van der Waals surface area contributed by atoms with E-state index in [0.29, 0.717) is 11.8 Å². The number of alkyl carbamates (subject to hydrolysis) is 3. The molecule has 4 saturated carbocycles. The van der Waals surface area contributed by atoms with Gasteiger partial charge in [-0.2, -0.15) is 0 Å². The Hall–Kier alpha value is -2.23. The molecule has 4 fully saturated rings. The van der Waals surface area contributed by atoms with E-state index in [1.54, 1.807) is 0 Å². The second kappa shape index (κ2) is 14.4. The Kier molecular flexibility index (Phi) is 11.6. The Morgan fingerprint density at radius 3 is 1.86 bits per heavy atom. The minimum absolute atomic E-state index is 0.0144. The van der Waals surface area contributed by atoms with Crippen molar-refractivity contribution in [1.29, 1.82) is 0 Å². The lowest BCUT2D eigenvalue weighted by Gasteiger charge is -2.65. The van der Waals surface area contributed by atoms with Crippen molar-refractivity contribution in [3.8, 4) is 0 Å². The number of rotatable bonds is 7. The summed E-state index contributed by atoms with van der Waals surface area (Å²) in [6, 6.07) is -0.219. The van der Waals surface area contributed by atoms with Crippen molar-refractivity contribution in [2.45, 2.75) is 176 Å². The number of aliphatic hydroxyl groups is 1. The molecule has 282 valence electrons. The first-order chi connectivity index (χ1) is 22.5. The van der Waals surface area contributed by atoms with Gasteiger partial charge in [-0.25, -0.2) is 14.4 Å². The fourth-order valence-electron chi connectivity index (χ4n) is 10.7. The van der Waals surface area contributed by atoms with Crippen molar-refractivity contribution in [3.63, 3.8) is 0 Å². The van der Waals surface area contributed by atoms with Crippen LogP contribution < -0.4 is 16.0 Å². The Bertz CT molecular complexity index is 1190. The molecule has 0 unspecified atom stereocenters. The first-order valence-electron chi connectivity index (χ1n) is 19.1. The summed E-state index contributed by atoms with van der Waals surface area (Å²) in [5.74, 6) is 1.68. The molecule has 0 aromatic carbocycles. The largest absolute Gasteiger partial charge is 0.444 e. The fourth-order valence-corrected chi connectivity index (χ4v) is 10.7. The van der Waals surface area contributed by atoms with Crippen LogP contribution in [-0.2, 0) is 14.2 Å². The van der Waals surface area contributed by atoms with Crippen molar-refractivity contribution in [2.24, 2.45) is 46.3 Å². The third-order valence-corrected chi connectivity index (χ3v) is 12.6. The second-order valence-corrected chi connectivity index (χ2v) is 19.4. The maximum Gasteiger partial charge on any atom is 0.407 e. The molecule has 0 radical (unpaired) electrons. The summed E-state index contributed by atoms with van der Waals surface area (Å²) in [6.45, 7) is 24.3. The minimum atomic E-state index is -0.621. The first kappa shape index (κ1) is 39.6. The van der Waals surface area contributed by atoms with E-state index in [4.69, 9.17) is 14.2 Å². The lowest BCUT2D eigenvalue weighted by Crippen LogP contribution is -2.68. The van der Waals surface area contributed by atoms with Crippen LogP contribution in [0.1, 0.15) is 141 Å². The summed E-state index contributed by atoms with van der Waals surface area (Å²) in [5, 5.41) is 19.7. The third kappa shape index (κ3) is 9.17. The molecule has 0 spiro atoms. The smallest absolute Gasteiger partial charge is 0.407 e. The third-order valence-electron chi connectivity index (χ3n) is 12.6. The van der Waals surface area contributed by atoms with E-state index in [-0.39, 0.29) is 77.5 Å². The summed E-state index contributed by atoms with van der Waals surface area (Å²) in [6.07, 6.45) is 6.81. The summed E-state index contributed by atoms with van der Waals surface area (Å²) in [7, 11) is 0. The van der Waals surface area contributed by atoms with Crippen LogP contribution in [0.2, 0.25) is 0 Å². The van der Waals surface area contributed by atoms with Gasteiger partial charge in [-0.1, -0.05) is 20.8 Å². The van der Waals surface area contributed by atoms with Crippen LogP contribution in [0.5, 0.6) is 0 Å². The van der Waals surface area contributed by atoms with Crippen molar-refractivity contribution in [1.82, 2.24) is 16.0 Å². The molecule has 0 saturated heterocycles. The molecule has 4 aliphatic carbocycles. The number of hydrogen-bond donors (Lipinski definition) is 4. The number of hydrogen-bond acceptors (Lipinski definition) is 7. The van der Waals surface area contributed by atoms with Crippen molar-refractivity contribution >= 4 is 18.3 Å². The number of amides is 3. The number of fused-ring (bicyclic) bond motifs is 5. The van der Waals surface area contributed by atoms with Gasteiger partial charge < -0.3 is 35.3 Å². The van der Waals surface area contributed by atoms with Gasteiger partial charge >= 0.3 is 18.3 Å². The van der Waals surface area contributed by atoms with E-state index in [1.807, 2.05) is 62.3 Å². The zero-order valence-corrected chi connectivity index (χ0v) is 32.7. The Labute approximate surface area is 296 Å².